The molecule has 0 aliphatic heterocycles. The second-order valence-corrected chi connectivity index (χ2v) is 4.84. The molecule has 0 saturated carbocycles. The summed E-state index contributed by atoms with van der Waals surface area (Å²) in [6.45, 7) is 1.77. The molecule has 1 amide bonds. The van der Waals surface area contributed by atoms with Crippen molar-refractivity contribution in [2.75, 3.05) is 5.32 Å². The van der Waals surface area contributed by atoms with Gasteiger partial charge >= 0.3 is 5.97 Å². The first-order valence-corrected chi connectivity index (χ1v) is 6.97. The molecule has 116 valence electrons. The van der Waals surface area contributed by atoms with Crippen LogP contribution in [0.25, 0.3) is 22.6 Å². The third kappa shape index (κ3) is 3.03. The minimum atomic E-state index is -1.12. The number of carbonyl (C=O) groups is 2. The SMILES string of the molecule is CCC(=O)Nc1ccc2oc(-c3ccnc(C(=O)O)c3)nc2c1. The largest absolute Gasteiger partial charge is 0.477 e. The van der Waals surface area contributed by atoms with Gasteiger partial charge in [-0.2, -0.15) is 0 Å². The first-order chi connectivity index (χ1) is 11.1. The van der Waals surface area contributed by atoms with Crippen molar-refractivity contribution < 1.29 is 19.1 Å². The van der Waals surface area contributed by atoms with Crippen molar-refractivity contribution in [3.63, 3.8) is 0 Å². The van der Waals surface area contributed by atoms with E-state index in [9.17, 15) is 9.59 Å². The molecule has 0 aliphatic rings. The molecule has 0 radical (unpaired) electrons. The average molecular weight is 311 g/mol. The Balaban J connectivity index is 1.98. The Kier molecular flexibility index (Phi) is 3.76. The number of nitrogens with one attached hydrogen (secondary N) is 1. The average Bonchev–Trinajstić information content (AvgIpc) is 2.98. The lowest BCUT2D eigenvalue weighted by molar-refractivity contribution is -0.115. The molecule has 2 heterocycles. The normalized spacial score (nSPS) is 10.7. The van der Waals surface area contributed by atoms with Crippen LogP contribution < -0.4 is 5.32 Å². The summed E-state index contributed by atoms with van der Waals surface area (Å²) in [5.41, 5.74) is 2.18. The Bertz CT molecular complexity index is 901. The number of nitrogens with zero attached hydrogens (tertiary/aromatic N) is 2. The zero-order valence-electron chi connectivity index (χ0n) is 12.2. The highest BCUT2D eigenvalue weighted by Crippen LogP contribution is 2.26. The summed E-state index contributed by atoms with van der Waals surface area (Å²) in [6.07, 6.45) is 1.78. The van der Waals surface area contributed by atoms with Crippen molar-refractivity contribution in [2.24, 2.45) is 0 Å². The van der Waals surface area contributed by atoms with E-state index in [0.29, 0.717) is 34.7 Å². The van der Waals surface area contributed by atoms with E-state index in [-0.39, 0.29) is 11.6 Å². The standard InChI is InChI=1S/C16H13N3O4/c1-2-14(20)18-10-3-4-13-11(8-10)19-15(23-13)9-5-6-17-12(7-9)16(21)22/h3-8H,2H2,1H3,(H,18,20)(H,21,22). The molecule has 2 aromatic heterocycles. The maximum atomic E-state index is 11.4. The van der Waals surface area contributed by atoms with Gasteiger partial charge in [0.25, 0.3) is 0 Å². The van der Waals surface area contributed by atoms with E-state index in [4.69, 9.17) is 9.52 Å². The quantitative estimate of drug-likeness (QED) is 0.767. The fraction of sp³-hybridized carbons (Fsp3) is 0.125. The summed E-state index contributed by atoms with van der Waals surface area (Å²) in [4.78, 5) is 30.5. The zero-order chi connectivity index (χ0) is 16.4. The fourth-order valence-electron chi connectivity index (χ4n) is 2.06. The van der Waals surface area contributed by atoms with Gasteiger partial charge in [0, 0.05) is 23.9 Å². The summed E-state index contributed by atoms with van der Waals surface area (Å²) in [6, 6.07) is 8.15. The number of carboxylic acids is 1. The summed E-state index contributed by atoms with van der Waals surface area (Å²) < 4.78 is 5.63. The third-order valence-corrected chi connectivity index (χ3v) is 3.22. The first kappa shape index (κ1) is 14.7. The third-order valence-electron chi connectivity index (χ3n) is 3.22. The minimum absolute atomic E-state index is 0.0827. The lowest BCUT2D eigenvalue weighted by Gasteiger charge is -2.01. The molecule has 0 fully saturated rings. The number of oxazole rings is 1. The van der Waals surface area contributed by atoms with Crippen LogP contribution in [0.5, 0.6) is 0 Å². The van der Waals surface area contributed by atoms with Crippen LogP contribution in [0, 0.1) is 0 Å². The smallest absolute Gasteiger partial charge is 0.354 e. The van der Waals surface area contributed by atoms with Gasteiger partial charge in [0.15, 0.2) is 5.58 Å². The van der Waals surface area contributed by atoms with Crippen LogP contribution in [0.4, 0.5) is 5.69 Å². The second kappa shape index (κ2) is 5.88. The Morgan fingerprint density at radius 2 is 2.09 bits per heavy atom. The van der Waals surface area contributed by atoms with E-state index < -0.39 is 5.97 Å². The van der Waals surface area contributed by atoms with Crippen LogP contribution >= 0.6 is 0 Å². The fourth-order valence-corrected chi connectivity index (χ4v) is 2.06. The number of aromatic carboxylic acids is 1. The highest BCUT2D eigenvalue weighted by atomic mass is 16.4. The molecule has 0 unspecified atom stereocenters. The highest BCUT2D eigenvalue weighted by molar-refractivity contribution is 5.93. The summed E-state index contributed by atoms with van der Waals surface area (Å²) in [7, 11) is 0. The Labute approximate surface area is 131 Å². The van der Waals surface area contributed by atoms with E-state index in [0.717, 1.165) is 0 Å². The van der Waals surface area contributed by atoms with Crippen molar-refractivity contribution in [1.29, 1.82) is 0 Å². The summed E-state index contributed by atoms with van der Waals surface area (Å²) in [5.74, 6) is -0.912. The van der Waals surface area contributed by atoms with E-state index in [1.165, 1.54) is 12.3 Å². The lowest BCUT2D eigenvalue weighted by atomic mass is 10.2. The number of anilines is 1. The summed E-state index contributed by atoms with van der Waals surface area (Å²) in [5, 5.41) is 11.7. The Hall–Kier alpha value is -3.22. The van der Waals surface area contributed by atoms with Gasteiger partial charge in [-0.05, 0) is 30.3 Å². The molecule has 3 rings (SSSR count). The van der Waals surface area contributed by atoms with Crippen LogP contribution in [-0.4, -0.2) is 27.0 Å². The van der Waals surface area contributed by atoms with Crippen molar-refractivity contribution in [3.05, 3.63) is 42.2 Å². The molecule has 2 N–H and O–H groups in total. The monoisotopic (exact) mass is 311 g/mol. The zero-order valence-corrected chi connectivity index (χ0v) is 12.2. The maximum absolute atomic E-state index is 11.4. The Morgan fingerprint density at radius 3 is 2.83 bits per heavy atom. The van der Waals surface area contributed by atoms with Gasteiger partial charge in [0.2, 0.25) is 11.8 Å². The molecule has 0 atom stereocenters. The van der Waals surface area contributed by atoms with Crippen molar-refractivity contribution >= 4 is 28.7 Å². The number of carbonyl (C=O) groups excluding carboxylic acids is 1. The summed E-state index contributed by atoms with van der Waals surface area (Å²) >= 11 is 0. The van der Waals surface area contributed by atoms with Crippen LogP contribution in [-0.2, 0) is 4.79 Å². The number of carboxylic acid groups (broad SMARTS) is 1. The van der Waals surface area contributed by atoms with Crippen LogP contribution in [0.15, 0.2) is 40.9 Å². The molecule has 7 nitrogen and oxygen atoms in total. The topological polar surface area (TPSA) is 105 Å². The van der Waals surface area contributed by atoms with Gasteiger partial charge in [-0.3, -0.25) is 4.79 Å². The van der Waals surface area contributed by atoms with Crippen LogP contribution in [0.1, 0.15) is 23.8 Å². The Morgan fingerprint density at radius 1 is 1.26 bits per heavy atom. The molecular weight excluding hydrogens is 298 g/mol. The number of rotatable bonds is 4. The predicted octanol–water partition coefficient (Wildman–Crippen LogP) is 2.94. The van der Waals surface area contributed by atoms with Gasteiger partial charge in [-0.25, -0.2) is 14.8 Å². The molecule has 7 heteroatoms. The first-order valence-electron chi connectivity index (χ1n) is 6.97. The van der Waals surface area contributed by atoms with E-state index in [2.05, 4.69) is 15.3 Å². The number of hydrogen-bond acceptors (Lipinski definition) is 5. The molecule has 1 aromatic carbocycles. The minimum Gasteiger partial charge on any atom is -0.477 e. The number of pyridine rings is 1. The van der Waals surface area contributed by atoms with Crippen molar-refractivity contribution in [3.8, 4) is 11.5 Å². The molecule has 0 saturated heterocycles. The predicted molar refractivity (Wildman–Crippen MR) is 83.1 cm³/mol. The molecule has 0 aliphatic carbocycles. The molecule has 0 bridgehead atoms. The number of fused-ring (bicyclic) bond motifs is 1. The number of amides is 1. The van der Waals surface area contributed by atoms with Crippen LogP contribution in [0.2, 0.25) is 0 Å². The van der Waals surface area contributed by atoms with Crippen molar-refractivity contribution in [2.45, 2.75) is 13.3 Å². The molecule has 3 aromatic rings. The van der Waals surface area contributed by atoms with E-state index in [1.807, 2.05) is 0 Å². The van der Waals surface area contributed by atoms with Gasteiger partial charge in [-0.15, -0.1) is 0 Å². The molecular formula is C16H13N3O4. The van der Waals surface area contributed by atoms with Gasteiger partial charge < -0.3 is 14.8 Å². The van der Waals surface area contributed by atoms with Crippen LogP contribution in [0.3, 0.4) is 0 Å². The van der Waals surface area contributed by atoms with Gasteiger partial charge in [0.05, 0.1) is 0 Å². The van der Waals surface area contributed by atoms with Crippen molar-refractivity contribution in [1.82, 2.24) is 9.97 Å². The number of hydrogen-bond donors (Lipinski definition) is 2. The molecule has 23 heavy (non-hydrogen) atoms. The molecule has 0 spiro atoms. The maximum Gasteiger partial charge on any atom is 0.354 e. The lowest BCUT2D eigenvalue weighted by Crippen LogP contribution is -2.08. The second-order valence-electron chi connectivity index (χ2n) is 4.84. The highest BCUT2D eigenvalue weighted by Gasteiger charge is 2.12. The number of benzene rings is 1. The number of aromatic nitrogens is 2. The van der Waals surface area contributed by atoms with Gasteiger partial charge in [0.1, 0.15) is 11.2 Å². The van der Waals surface area contributed by atoms with Gasteiger partial charge in [-0.1, -0.05) is 6.92 Å². The van der Waals surface area contributed by atoms with E-state index in [1.54, 1.807) is 31.2 Å². The van der Waals surface area contributed by atoms with E-state index >= 15 is 0 Å².